The van der Waals surface area contributed by atoms with Crippen LogP contribution in [0.4, 0.5) is 5.69 Å². The first-order valence-electron chi connectivity index (χ1n) is 8.98. The summed E-state index contributed by atoms with van der Waals surface area (Å²) < 4.78 is 32.8. The standard InChI is InChI=1S/C20H24N2O4S/c1-15-10-11-16(14-18(15)26-2)20(23)21-17-8-4-5-9-19(17)27(24,25)22-12-6-3-7-13-22/h4-5,8-11,14H,3,6-7,12-13H2,1-2H3,(H,21,23). The minimum Gasteiger partial charge on any atom is -0.496 e. The molecule has 7 heteroatoms. The van der Waals surface area contributed by atoms with Gasteiger partial charge in [-0.2, -0.15) is 4.31 Å². The zero-order valence-electron chi connectivity index (χ0n) is 15.6. The third kappa shape index (κ3) is 4.14. The molecule has 2 aromatic carbocycles. The minimum absolute atomic E-state index is 0.124. The van der Waals surface area contributed by atoms with E-state index in [4.69, 9.17) is 4.74 Å². The Labute approximate surface area is 160 Å². The van der Waals surface area contributed by atoms with Crippen LogP contribution in [0.1, 0.15) is 35.2 Å². The van der Waals surface area contributed by atoms with Crippen LogP contribution in [-0.2, 0) is 10.0 Å². The highest BCUT2D eigenvalue weighted by Gasteiger charge is 2.28. The van der Waals surface area contributed by atoms with Gasteiger partial charge in [0.1, 0.15) is 10.6 Å². The molecule has 1 aliphatic heterocycles. The van der Waals surface area contributed by atoms with Crippen LogP contribution in [0.5, 0.6) is 5.75 Å². The number of piperidine rings is 1. The number of carbonyl (C=O) groups is 1. The molecule has 0 atom stereocenters. The number of methoxy groups -OCH3 is 1. The van der Waals surface area contributed by atoms with E-state index >= 15 is 0 Å². The number of benzene rings is 2. The summed E-state index contributed by atoms with van der Waals surface area (Å²) >= 11 is 0. The summed E-state index contributed by atoms with van der Waals surface area (Å²) in [4.78, 5) is 12.8. The van der Waals surface area contributed by atoms with Crippen molar-refractivity contribution in [1.82, 2.24) is 4.31 Å². The van der Waals surface area contributed by atoms with Gasteiger partial charge in [0.05, 0.1) is 12.8 Å². The Kier molecular flexibility index (Phi) is 5.82. The smallest absolute Gasteiger partial charge is 0.255 e. The van der Waals surface area contributed by atoms with Gasteiger partial charge in [-0.1, -0.05) is 24.6 Å². The molecule has 1 aliphatic rings. The van der Waals surface area contributed by atoms with Gasteiger partial charge in [-0.15, -0.1) is 0 Å². The Morgan fingerprint density at radius 2 is 1.78 bits per heavy atom. The molecule has 144 valence electrons. The molecule has 27 heavy (non-hydrogen) atoms. The van der Waals surface area contributed by atoms with Crippen molar-refractivity contribution in [2.75, 3.05) is 25.5 Å². The van der Waals surface area contributed by atoms with Gasteiger partial charge in [0.25, 0.3) is 5.91 Å². The largest absolute Gasteiger partial charge is 0.496 e. The predicted octanol–water partition coefficient (Wildman–Crippen LogP) is 3.43. The average Bonchev–Trinajstić information content (AvgIpc) is 2.69. The quantitative estimate of drug-likeness (QED) is 0.851. The fourth-order valence-corrected chi connectivity index (χ4v) is 4.86. The number of ether oxygens (including phenoxy) is 1. The van der Waals surface area contributed by atoms with Crippen molar-refractivity contribution in [1.29, 1.82) is 0 Å². The van der Waals surface area contributed by atoms with E-state index in [1.165, 1.54) is 10.4 Å². The zero-order chi connectivity index (χ0) is 19.4. The molecule has 6 nitrogen and oxygen atoms in total. The van der Waals surface area contributed by atoms with Crippen LogP contribution in [0.3, 0.4) is 0 Å². The topological polar surface area (TPSA) is 75.7 Å². The highest BCUT2D eigenvalue weighted by atomic mass is 32.2. The molecule has 1 heterocycles. The summed E-state index contributed by atoms with van der Waals surface area (Å²) in [6, 6.07) is 11.7. The van der Waals surface area contributed by atoms with E-state index in [9.17, 15) is 13.2 Å². The highest BCUT2D eigenvalue weighted by molar-refractivity contribution is 7.89. The van der Waals surface area contributed by atoms with Crippen LogP contribution in [0.2, 0.25) is 0 Å². The molecule has 3 rings (SSSR count). The lowest BCUT2D eigenvalue weighted by Crippen LogP contribution is -2.36. The molecule has 0 spiro atoms. The van der Waals surface area contributed by atoms with Gasteiger partial charge in [-0.05, 0) is 49.6 Å². The Bertz CT molecular complexity index is 935. The van der Waals surface area contributed by atoms with E-state index in [2.05, 4.69) is 5.32 Å². The number of amides is 1. The lowest BCUT2D eigenvalue weighted by Gasteiger charge is -2.26. The van der Waals surface area contributed by atoms with E-state index in [1.807, 2.05) is 6.92 Å². The van der Waals surface area contributed by atoms with Gasteiger partial charge < -0.3 is 10.1 Å². The lowest BCUT2D eigenvalue weighted by molar-refractivity contribution is 0.102. The molecule has 1 N–H and O–H groups in total. The summed E-state index contributed by atoms with van der Waals surface area (Å²) in [5, 5.41) is 2.74. The number of nitrogens with one attached hydrogen (secondary N) is 1. The maximum absolute atomic E-state index is 13.0. The van der Waals surface area contributed by atoms with Crippen LogP contribution in [-0.4, -0.2) is 38.8 Å². The molecule has 0 saturated carbocycles. The second-order valence-corrected chi connectivity index (χ2v) is 8.51. The van der Waals surface area contributed by atoms with Crippen molar-refractivity contribution in [2.24, 2.45) is 0 Å². The van der Waals surface area contributed by atoms with Crippen molar-refractivity contribution >= 4 is 21.6 Å². The second kappa shape index (κ2) is 8.10. The van der Waals surface area contributed by atoms with Crippen LogP contribution in [0.15, 0.2) is 47.4 Å². The molecule has 0 bridgehead atoms. The van der Waals surface area contributed by atoms with Crippen molar-refractivity contribution in [2.45, 2.75) is 31.1 Å². The first kappa shape index (κ1) is 19.4. The summed E-state index contributed by atoms with van der Waals surface area (Å²) in [6.45, 7) is 2.92. The van der Waals surface area contributed by atoms with Gasteiger partial charge >= 0.3 is 0 Å². The van der Waals surface area contributed by atoms with E-state index in [-0.39, 0.29) is 16.5 Å². The number of carbonyl (C=O) groups excluding carboxylic acids is 1. The Hall–Kier alpha value is -2.38. The normalized spacial score (nSPS) is 15.3. The monoisotopic (exact) mass is 388 g/mol. The SMILES string of the molecule is COc1cc(C(=O)Nc2ccccc2S(=O)(=O)N2CCCCC2)ccc1C. The van der Waals surface area contributed by atoms with E-state index in [0.29, 0.717) is 24.4 Å². The van der Waals surface area contributed by atoms with E-state index in [0.717, 1.165) is 24.8 Å². The summed E-state index contributed by atoms with van der Waals surface area (Å²) in [5.41, 5.74) is 1.61. The predicted molar refractivity (Wildman–Crippen MR) is 105 cm³/mol. The highest BCUT2D eigenvalue weighted by Crippen LogP contribution is 2.27. The molecular weight excluding hydrogens is 364 g/mol. The van der Waals surface area contributed by atoms with Gasteiger partial charge in [0.15, 0.2) is 0 Å². The van der Waals surface area contributed by atoms with E-state index < -0.39 is 10.0 Å². The van der Waals surface area contributed by atoms with E-state index in [1.54, 1.807) is 43.5 Å². The van der Waals surface area contributed by atoms with Gasteiger partial charge in [0, 0.05) is 18.7 Å². The van der Waals surface area contributed by atoms with Crippen LogP contribution in [0.25, 0.3) is 0 Å². The fraction of sp³-hybridized carbons (Fsp3) is 0.350. The molecule has 1 amide bonds. The molecule has 0 unspecified atom stereocenters. The summed E-state index contributed by atoms with van der Waals surface area (Å²) in [6.07, 6.45) is 2.76. The average molecular weight is 388 g/mol. The van der Waals surface area contributed by atoms with Crippen LogP contribution < -0.4 is 10.1 Å². The van der Waals surface area contributed by atoms with Gasteiger partial charge in [-0.3, -0.25) is 4.79 Å². The number of aryl methyl sites for hydroxylation is 1. The molecular formula is C20H24N2O4S. The summed E-state index contributed by atoms with van der Waals surface area (Å²) in [5.74, 6) is 0.228. The second-order valence-electron chi connectivity index (χ2n) is 6.60. The third-order valence-corrected chi connectivity index (χ3v) is 6.70. The first-order valence-corrected chi connectivity index (χ1v) is 10.4. The Morgan fingerprint density at radius 3 is 2.48 bits per heavy atom. The third-order valence-electron chi connectivity index (χ3n) is 4.74. The molecule has 2 aromatic rings. The molecule has 0 aliphatic carbocycles. The maximum atomic E-state index is 13.0. The molecule has 1 saturated heterocycles. The van der Waals surface area contributed by atoms with Crippen LogP contribution in [0, 0.1) is 6.92 Å². The van der Waals surface area contributed by atoms with Crippen LogP contribution >= 0.6 is 0 Å². The van der Waals surface area contributed by atoms with Gasteiger partial charge in [0.2, 0.25) is 10.0 Å². The first-order chi connectivity index (χ1) is 12.9. The maximum Gasteiger partial charge on any atom is 0.255 e. The molecule has 0 aromatic heterocycles. The Balaban J connectivity index is 1.89. The number of hydrogen-bond acceptors (Lipinski definition) is 4. The molecule has 0 radical (unpaired) electrons. The Morgan fingerprint density at radius 1 is 1.07 bits per heavy atom. The lowest BCUT2D eigenvalue weighted by atomic mass is 10.1. The van der Waals surface area contributed by atoms with Crippen molar-refractivity contribution < 1.29 is 17.9 Å². The van der Waals surface area contributed by atoms with Crippen molar-refractivity contribution in [3.63, 3.8) is 0 Å². The number of nitrogens with zero attached hydrogens (tertiary/aromatic N) is 1. The fourth-order valence-electron chi connectivity index (χ4n) is 3.19. The van der Waals surface area contributed by atoms with Crippen molar-refractivity contribution in [3.8, 4) is 5.75 Å². The number of hydrogen-bond donors (Lipinski definition) is 1. The number of para-hydroxylation sites is 1. The molecule has 1 fully saturated rings. The van der Waals surface area contributed by atoms with Gasteiger partial charge in [-0.25, -0.2) is 8.42 Å². The number of anilines is 1. The summed E-state index contributed by atoms with van der Waals surface area (Å²) in [7, 11) is -2.10. The minimum atomic E-state index is -3.65. The number of sulfonamides is 1. The van der Waals surface area contributed by atoms with Crippen molar-refractivity contribution in [3.05, 3.63) is 53.6 Å². The number of rotatable bonds is 5. The zero-order valence-corrected chi connectivity index (χ0v) is 16.4.